The Balaban J connectivity index is 0.000000668. The van der Waals surface area contributed by atoms with Crippen LogP contribution in [0.2, 0.25) is 0 Å². The van der Waals surface area contributed by atoms with Crippen LogP contribution in [-0.4, -0.2) is 33.6 Å². The van der Waals surface area contributed by atoms with Gasteiger partial charge in [-0.25, -0.2) is 0 Å². The average Bonchev–Trinajstić information content (AvgIpc) is 3.05. The summed E-state index contributed by atoms with van der Waals surface area (Å²) in [5, 5.41) is 31.7. The number of hydrogen-bond acceptors (Lipinski definition) is 4. The molecule has 0 amide bonds. The third kappa shape index (κ3) is 5.32. The van der Waals surface area contributed by atoms with Gasteiger partial charge in [0.1, 0.15) is 0 Å². The number of rotatable bonds is 5. The van der Waals surface area contributed by atoms with Gasteiger partial charge in [-0.2, -0.15) is 0 Å². The smallest absolute Gasteiger partial charge is 0.402 e. The number of aliphatic hydroxyl groups excluding tert-OH is 1. The summed E-state index contributed by atoms with van der Waals surface area (Å²) in [6, 6.07) is 0. The van der Waals surface area contributed by atoms with E-state index in [0.29, 0.717) is 10.8 Å². The fraction of sp³-hybridized carbons (Fsp3) is 0.926. The lowest BCUT2D eigenvalue weighted by molar-refractivity contribution is -0.0573. The summed E-state index contributed by atoms with van der Waals surface area (Å²) in [5.74, 6) is 5.46. The Morgan fingerprint density at radius 2 is 1.66 bits per heavy atom. The van der Waals surface area contributed by atoms with Gasteiger partial charge in [-0.3, -0.25) is 0 Å². The standard InChI is InChI=1S/C27H46O.BH3O3/c1-18(2)7-6-8-19(3)23-11-12-24-22-10-9-20-17-21(28)13-15-26(20,4)25(22)14-16-27(23,24)5;2-1(3)4/h9,18-19,21-25,28H,6-8,10-17H2,1-5H3;2-4H/t19-,21+,22?,23-,24+,25+,26+,27-;/m1./s1. The molecule has 4 aliphatic carbocycles. The van der Waals surface area contributed by atoms with Crippen LogP contribution in [0, 0.1) is 46.3 Å². The lowest BCUT2D eigenvalue weighted by Crippen LogP contribution is -2.50. The molecule has 4 rings (SSSR count). The Kier molecular flexibility index (Phi) is 8.61. The van der Waals surface area contributed by atoms with E-state index in [4.69, 9.17) is 15.1 Å². The molecule has 1 unspecified atom stereocenters. The van der Waals surface area contributed by atoms with Gasteiger partial charge >= 0.3 is 7.32 Å². The van der Waals surface area contributed by atoms with Crippen LogP contribution in [0.5, 0.6) is 0 Å². The molecule has 184 valence electrons. The Morgan fingerprint density at radius 1 is 0.969 bits per heavy atom. The predicted octanol–water partition coefficient (Wildman–Crippen LogP) is 5.34. The Bertz CT molecular complexity index is 647. The summed E-state index contributed by atoms with van der Waals surface area (Å²) in [5.41, 5.74) is 2.60. The molecule has 8 atom stereocenters. The minimum atomic E-state index is -2.17. The molecule has 4 nitrogen and oxygen atoms in total. The monoisotopic (exact) mass is 448 g/mol. The van der Waals surface area contributed by atoms with Crippen molar-refractivity contribution in [2.75, 3.05) is 0 Å². The summed E-state index contributed by atoms with van der Waals surface area (Å²) in [6.45, 7) is 12.6. The molecule has 0 aromatic rings. The Morgan fingerprint density at radius 3 is 2.31 bits per heavy atom. The molecule has 4 aliphatic rings. The number of allylic oxidation sites excluding steroid dienone is 1. The predicted molar refractivity (Wildman–Crippen MR) is 131 cm³/mol. The second-order valence-electron chi connectivity index (χ2n) is 12.5. The second kappa shape index (κ2) is 10.5. The molecule has 5 heteroatoms. The van der Waals surface area contributed by atoms with Crippen LogP contribution in [-0.2, 0) is 0 Å². The third-order valence-electron chi connectivity index (χ3n) is 10.3. The van der Waals surface area contributed by atoms with Gasteiger partial charge in [0.2, 0.25) is 0 Å². The van der Waals surface area contributed by atoms with Crippen molar-refractivity contribution in [2.24, 2.45) is 46.3 Å². The maximum atomic E-state index is 10.2. The second-order valence-corrected chi connectivity index (χ2v) is 12.5. The molecule has 0 spiro atoms. The minimum absolute atomic E-state index is 0.0766. The molecule has 0 bridgehead atoms. The topological polar surface area (TPSA) is 80.9 Å². The summed E-state index contributed by atoms with van der Waals surface area (Å²) < 4.78 is 0. The summed E-state index contributed by atoms with van der Waals surface area (Å²) in [4.78, 5) is 0. The molecule has 0 saturated heterocycles. The largest absolute Gasteiger partial charge is 0.631 e. The first-order valence-electron chi connectivity index (χ1n) is 13.4. The van der Waals surface area contributed by atoms with Crippen molar-refractivity contribution < 1.29 is 20.2 Å². The Hall–Kier alpha value is -0.355. The van der Waals surface area contributed by atoms with Gasteiger partial charge in [-0.15, -0.1) is 0 Å². The number of aliphatic hydroxyl groups is 1. The van der Waals surface area contributed by atoms with E-state index in [1.165, 1.54) is 57.8 Å². The van der Waals surface area contributed by atoms with Crippen LogP contribution in [0.4, 0.5) is 0 Å². The first-order chi connectivity index (χ1) is 15.0. The van der Waals surface area contributed by atoms with Crippen molar-refractivity contribution in [3.05, 3.63) is 11.6 Å². The third-order valence-corrected chi connectivity index (χ3v) is 10.3. The van der Waals surface area contributed by atoms with Crippen LogP contribution in [0.1, 0.15) is 105 Å². The highest BCUT2D eigenvalue weighted by atomic mass is 16.5. The molecule has 3 fully saturated rings. The SMILES string of the molecule is CC(C)CCC[C@@H](C)[C@H]1CC[C@H]2C3CC=C4C[C@@H](O)CC[C@]4(C)[C@H]3CC[C@]12C.OB(O)O. The zero-order valence-corrected chi connectivity index (χ0v) is 21.3. The van der Waals surface area contributed by atoms with E-state index in [2.05, 4.69) is 40.7 Å². The fourth-order valence-electron chi connectivity index (χ4n) is 8.67. The van der Waals surface area contributed by atoms with Crippen molar-refractivity contribution in [3.8, 4) is 0 Å². The molecular weight excluding hydrogens is 399 g/mol. The first-order valence-corrected chi connectivity index (χ1v) is 13.4. The zero-order valence-electron chi connectivity index (χ0n) is 21.3. The molecule has 0 aliphatic heterocycles. The van der Waals surface area contributed by atoms with Crippen molar-refractivity contribution in [3.63, 3.8) is 0 Å². The van der Waals surface area contributed by atoms with E-state index in [9.17, 15) is 5.11 Å². The quantitative estimate of drug-likeness (QED) is 0.338. The van der Waals surface area contributed by atoms with E-state index in [1.54, 1.807) is 5.57 Å². The molecule has 4 N–H and O–H groups in total. The normalized spacial score (nSPS) is 41.6. The van der Waals surface area contributed by atoms with Crippen molar-refractivity contribution in [1.29, 1.82) is 0 Å². The van der Waals surface area contributed by atoms with E-state index in [1.807, 2.05) is 0 Å². The molecule has 0 heterocycles. The van der Waals surface area contributed by atoms with Crippen LogP contribution in [0.3, 0.4) is 0 Å². The molecule has 0 aromatic carbocycles. The molecule has 3 saturated carbocycles. The van der Waals surface area contributed by atoms with Gasteiger partial charge in [0.25, 0.3) is 0 Å². The number of hydrogen-bond donors (Lipinski definition) is 4. The lowest BCUT2D eigenvalue weighted by Gasteiger charge is -2.58. The average molecular weight is 448 g/mol. The summed E-state index contributed by atoms with van der Waals surface area (Å²) in [7, 11) is -2.17. The van der Waals surface area contributed by atoms with Crippen molar-refractivity contribution in [2.45, 2.75) is 111 Å². The van der Waals surface area contributed by atoms with Crippen molar-refractivity contribution >= 4 is 7.32 Å². The van der Waals surface area contributed by atoms with Gasteiger partial charge in [0, 0.05) is 0 Å². The highest BCUT2D eigenvalue weighted by molar-refractivity contribution is 6.30. The highest BCUT2D eigenvalue weighted by Gasteiger charge is 2.59. The summed E-state index contributed by atoms with van der Waals surface area (Å²) >= 11 is 0. The molecule has 32 heavy (non-hydrogen) atoms. The fourth-order valence-corrected chi connectivity index (χ4v) is 8.67. The zero-order chi connectivity index (χ0) is 23.7. The summed E-state index contributed by atoms with van der Waals surface area (Å²) in [6.07, 6.45) is 17.2. The minimum Gasteiger partial charge on any atom is -0.402 e. The Labute approximate surface area is 197 Å². The van der Waals surface area contributed by atoms with Crippen molar-refractivity contribution in [1.82, 2.24) is 0 Å². The maximum Gasteiger partial charge on any atom is 0.631 e. The van der Waals surface area contributed by atoms with E-state index in [0.717, 1.165) is 48.3 Å². The van der Waals surface area contributed by atoms with Crippen LogP contribution < -0.4 is 0 Å². The van der Waals surface area contributed by atoms with Gasteiger partial charge in [0.15, 0.2) is 0 Å². The van der Waals surface area contributed by atoms with Gasteiger partial charge in [-0.1, -0.05) is 65.5 Å². The van der Waals surface area contributed by atoms with Gasteiger partial charge in [-0.05, 0) is 97.7 Å². The maximum absolute atomic E-state index is 10.2. The van der Waals surface area contributed by atoms with Gasteiger partial charge in [0.05, 0.1) is 6.10 Å². The lowest BCUT2D eigenvalue weighted by atomic mass is 9.47. The van der Waals surface area contributed by atoms with Gasteiger partial charge < -0.3 is 20.2 Å². The van der Waals surface area contributed by atoms with Crippen LogP contribution >= 0.6 is 0 Å². The van der Waals surface area contributed by atoms with E-state index >= 15 is 0 Å². The first kappa shape index (κ1) is 26.3. The van der Waals surface area contributed by atoms with Crippen LogP contribution in [0.15, 0.2) is 11.6 Å². The molecule has 0 radical (unpaired) electrons. The van der Waals surface area contributed by atoms with Crippen LogP contribution in [0.25, 0.3) is 0 Å². The molecular formula is C27H49BO4. The highest BCUT2D eigenvalue weighted by Crippen LogP contribution is 2.67. The molecule has 0 aromatic heterocycles. The van der Waals surface area contributed by atoms with E-state index in [-0.39, 0.29) is 6.10 Å². The number of fused-ring (bicyclic) bond motifs is 5. The van der Waals surface area contributed by atoms with E-state index < -0.39 is 7.32 Å².